The average molecular weight is 417 g/mol. The summed E-state index contributed by atoms with van der Waals surface area (Å²) in [6.07, 6.45) is 17.2. The topological polar surface area (TPSA) is 20.2 Å². The molecule has 174 valence electrons. The first kappa shape index (κ1) is 24.3. The van der Waals surface area contributed by atoms with Gasteiger partial charge in [-0.25, -0.2) is 0 Å². The SMILES string of the molecule is CC.CC(C)CCC[C@@H](C)C1CCC2C3CC=C4C[C@@H](O)CC[C@]4(C)C3CCC21C. The quantitative estimate of drug-likeness (QED) is 0.446. The van der Waals surface area contributed by atoms with E-state index in [1.165, 1.54) is 57.8 Å². The van der Waals surface area contributed by atoms with E-state index >= 15 is 0 Å². The Bertz CT molecular complexity index is 591. The molecule has 5 unspecified atom stereocenters. The molecule has 1 N–H and O–H groups in total. The van der Waals surface area contributed by atoms with E-state index in [9.17, 15) is 5.11 Å². The van der Waals surface area contributed by atoms with Crippen molar-refractivity contribution in [2.75, 3.05) is 0 Å². The first-order chi connectivity index (χ1) is 14.3. The van der Waals surface area contributed by atoms with Crippen LogP contribution in [0, 0.1) is 46.3 Å². The Labute approximate surface area is 188 Å². The second kappa shape index (κ2) is 9.68. The van der Waals surface area contributed by atoms with Gasteiger partial charge in [0.2, 0.25) is 0 Å². The van der Waals surface area contributed by atoms with Crippen LogP contribution < -0.4 is 0 Å². The van der Waals surface area contributed by atoms with Gasteiger partial charge in [0.1, 0.15) is 0 Å². The number of aliphatic hydroxyl groups is 1. The van der Waals surface area contributed by atoms with E-state index in [-0.39, 0.29) is 6.10 Å². The standard InChI is InChI=1S/C27H46O.C2H6/c1-18(2)7-6-8-19(3)23-11-12-24-22-10-9-20-17-21(28)13-15-26(20,4)25(22)14-16-27(23,24)5;1-2/h9,18-19,21-25,28H,6-8,10-17H2,1-5H3;1-2H3/t19-,21+,22?,23?,24?,25?,26+,27?;/m1./s1. The summed E-state index contributed by atoms with van der Waals surface area (Å²) in [5.74, 6) is 5.46. The van der Waals surface area contributed by atoms with Crippen molar-refractivity contribution in [3.8, 4) is 0 Å². The van der Waals surface area contributed by atoms with Crippen LogP contribution in [-0.4, -0.2) is 11.2 Å². The summed E-state index contributed by atoms with van der Waals surface area (Å²) in [4.78, 5) is 0. The number of hydrogen-bond donors (Lipinski definition) is 1. The fourth-order valence-corrected chi connectivity index (χ4v) is 8.67. The van der Waals surface area contributed by atoms with Gasteiger partial charge in [-0.1, -0.05) is 79.4 Å². The predicted octanol–water partition coefficient (Wildman–Crippen LogP) is 8.41. The molecule has 1 heteroatoms. The van der Waals surface area contributed by atoms with Crippen LogP contribution >= 0.6 is 0 Å². The number of aliphatic hydroxyl groups excluding tert-OH is 1. The highest BCUT2D eigenvalue weighted by atomic mass is 16.3. The Balaban J connectivity index is 0.00000124. The van der Waals surface area contributed by atoms with Gasteiger partial charge in [-0.15, -0.1) is 0 Å². The molecule has 0 amide bonds. The molecule has 3 fully saturated rings. The van der Waals surface area contributed by atoms with Gasteiger partial charge in [-0.2, -0.15) is 0 Å². The van der Waals surface area contributed by atoms with Crippen molar-refractivity contribution in [2.45, 2.75) is 125 Å². The van der Waals surface area contributed by atoms with Crippen LogP contribution in [0.25, 0.3) is 0 Å². The lowest BCUT2D eigenvalue weighted by atomic mass is 9.47. The molecule has 0 aromatic rings. The maximum absolute atomic E-state index is 10.2. The average Bonchev–Trinajstić information content (AvgIpc) is 3.07. The van der Waals surface area contributed by atoms with E-state index in [2.05, 4.69) is 40.7 Å². The Kier molecular flexibility index (Phi) is 7.85. The molecule has 3 saturated carbocycles. The molecule has 0 spiro atoms. The van der Waals surface area contributed by atoms with Crippen molar-refractivity contribution in [3.63, 3.8) is 0 Å². The van der Waals surface area contributed by atoms with Gasteiger partial charge >= 0.3 is 0 Å². The minimum atomic E-state index is -0.0766. The first-order valence-electron chi connectivity index (χ1n) is 13.6. The van der Waals surface area contributed by atoms with Gasteiger partial charge in [-0.05, 0) is 97.7 Å². The highest BCUT2D eigenvalue weighted by Gasteiger charge is 2.59. The van der Waals surface area contributed by atoms with Crippen LogP contribution in [0.3, 0.4) is 0 Å². The molecular weight excluding hydrogens is 364 g/mol. The highest BCUT2D eigenvalue weighted by molar-refractivity contribution is 5.25. The first-order valence-corrected chi connectivity index (χ1v) is 13.6. The third-order valence-corrected chi connectivity index (χ3v) is 10.3. The summed E-state index contributed by atoms with van der Waals surface area (Å²) in [5, 5.41) is 10.2. The van der Waals surface area contributed by atoms with Crippen LogP contribution in [0.4, 0.5) is 0 Å². The number of hydrogen-bond acceptors (Lipinski definition) is 1. The molecule has 0 heterocycles. The van der Waals surface area contributed by atoms with E-state index in [1.807, 2.05) is 13.8 Å². The van der Waals surface area contributed by atoms with Gasteiger partial charge in [0, 0.05) is 0 Å². The third kappa shape index (κ3) is 4.31. The minimum absolute atomic E-state index is 0.0766. The lowest BCUT2D eigenvalue weighted by molar-refractivity contribution is -0.0573. The molecule has 4 rings (SSSR count). The Morgan fingerprint density at radius 1 is 0.967 bits per heavy atom. The van der Waals surface area contributed by atoms with Crippen LogP contribution in [0.5, 0.6) is 0 Å². The molecule has 0 bridgehead atoms. The van der Waals surface area contributed by atoms with Crippen LogP contribution in [0.15, 0.2) is 11.6 Å². The molecule has 1 nitrogen and oxygen atoms in total. The molecular formula is C29H52O. The molecule has 0 saturated heterocycles. The van der Waals surface area contributed by atoms with Crippen molar-refractivity contribution in [1.29, 1.82) is 0 Å². The largest absolute Gasteiger partial charge is 0.393 e. The van der Waals surface area contributed by atoms with E-state index in [0.717, 1.165) is 48.3 Å². The Morgan fingerprint density at radius 2 is 1.70 bits per heavy atom. The van der Waals surface area contributed by atoms with Crippen LogP contribution in [0.2, 0.25) is 0 Å². The van der Waals surface area contributed by atoms with Crippen molar-refractivity contribution in [3.05, 3.63) is 11.6 Å². The van der Waals surface area contributed by atoms with E-state index in [1.54, 1.807) is 5.57 Å². The summed E-state index contributed by atoms with van der Waals surface area (Å²) in [5.41, 5.74) is 2.60. The summed E-state index contributed by atoms with van der Waals surface area (Å²) < 4.78 is 0. The van der Waals surface area contributed by atoms with Crippen LogP contribution in [-0.2, 0) is 0 Å². The second-order valence-corrected chi connectivity index (χ2v) is 12.2. The van der Waals surface area contributed by atoms with Gasteiger partial charge in [0.25, 0.3) is 0 Å². The van der Waals surface area contributed by atoms with Crippen LogP contribution in [0.1, 0.15) is 119 Å². The van der Waals surface area contributed by atoms with Crippen molar-refractivity contribution >= 4 is 0 Å². The van der Waals surface area contributed by atoms with Crippen molar-refractivity contribution < 1.29 is 5.11 Å². The monoisotopic (exact) mass is 416 g/mol. The molecule has 30 heavy (non-hydrogen) atoms. The molecule has 0 radical (unpaired) electrons. The molecule has 4 aliphatic rings. The van der Waals surface area contributed by atoms with Crippen molar-refractivity contribution in [1.82, 2.24) is 0 Å². The zero-order valence-corrected chi connectivity index (χ0v) is 21.3. The second-order valence-electron chi connectivity index (χ2n) is 12.2. The summed E-state index contributed by atoms with van der Waals surface area (Å²) in [6, 6.07) is 0. The zero-order chi connectivity index (χ0) is 22.1. The Hall–Kier alpha value is -0.300. The number of allylic oxidation sites excluding steroid dienone is 1. The van der Waals surface area contributed by atoms with E-state index in [4.69, 9.17) is 0 Å². The van der Waals surface area contributed by atoms with E-state index < -0.39 is 0 Å². The minimum Gasteiger partial charge on any atom is -0.393 e. The highest BCUT2D eigenvalue weighted by Crippen LogP contribution is 2.67. The molecule has 0 aliphatic heterocycles. The van der Waals surface area contributed by atoms with Crippen molar-refractivity contribution in [2.24, 2.45) is 46.3 Å². The lowest BCUT2D eigenvalue weighted by Gasteiger charge is -2.58. The summed E-state index contributed by atoms with van der Waals surface area (Å²) in [7, 11) is 0. The van der Waals surface area contributed by atoms with Gasteiger partial charge in [0.05, 0.1) is 6.10 Å². The van der Waals surface area contributed by atoms with Gasteiger partial charge in [-0.3, -0.25) is 0 Å². The molecule has 0 aromatic heterocycles. The van der Waals surface area contributed by atoms with Gasteiger partial charge in [0.15, 0.2) is 0 Å². The molecule has 4 aliphatic carbocycles. The fraction of sp³-hybridized carbons (Fsp3) is 0.931. The Morgan fingerprint density at radius 3 is 2.40 bits per heavy atom. The zero-order valence-electron chi connectivity index (χ0n) is 21.3. The normalized spacial score (nSPS) is 43.6. The van der Waals surface area contributed by atoms with Gasteiger partial charge < -0.3 is 5.11 Å². The number of fused-ring (bicyclic) bond motifs is 5. The molecule has 8 atom stereocenters. The fourth-order valence-electron chi connectivity index (χ4n) is 8.67. The summed E-state index contributed by atoms with van der Waals surface area (Å²) >= 11 is 0. The number of rotatable bonds is 5. The predicted molar refractivity (Wildman–Crippen MR) is 130 cm³/mol. The smallest absolute Gasteiger partial charge is 0.0577 e. The maximum Gasteiger partial charge on any atom is 0.0577 e. The lowest BCUT2D eigenvalue weighted by Crippen LogP contribution is -2.50. The van der Waals surface area contributed by atoms with E-state index in [0.29, 0.717) is 10.8 Å². The summed E-state index contributed by atoms with van der Waals surface area (Å²) in [6.45, 7) is 16.6. The maximum atomic E-state index is 10.2. The molecule has 0 aromatic carbocycles. The third-order valence-electron chi connectivity index (χ3n) is 10.3.